The van der Waals surface area contributed by atoms with Crippen LogP contribution in [-0.4, -0.2) is 25.8 Å². The van der Waals surface area contributed by atoms with E-state index in [1.807, 2.05) is 5.43 Å². The number of rotatable bonds is 6. The molecule has 0 heterocycles. The Morgan fingerprint density at radius 1 is 1.23 bits per heavy atom. The Morgan fingerprint density at radius 2 is 1.88 bits per heavy atom. The first kappa shape index (κ1) is 19.3. The maximum Gasteiger partial charge on any atom is 0.289 e. The topological polar surface area (TPSA) is 136 Å². The van der Waals surface area contributed by atoms with Crippen molar-refractivity contribution in [3.05, 3.63) is 63.7 Å². The van der Waals surface area contributed by atoms with Gasteiger partial charge in [0.1, 0.15) is 6.54 Å². The molecule has 0 saturated carbocycles. The van der Waals surface area contributed by atoms with E-state index in [9.17, 15) is 23.3 Å². The van der Waals surface area contributed by atoms with Crippen molar-refractivity contribution >= 4 is 27.3 Å². The number of amides is 1. The van der Waals surface area contributed by atoms with Gasteiger partial charge in [-0.25, -0.2) is 14.3 Å². The molecule has 0 aliphatic heterocycles. The fourth-order valence-corrected chi connectivity index (χ4v) is 4.05. The molecule has 0 fully saturated rings. The Balaban J connectivity index is 2.71. The molecule has 0 radical (unpaired) electrons. The molecule has 2 aromatic rings. The average molecular weight is 378 g/mol. The van der Waals surface area contributed by atoms with E-state index >= 15 is 0 Å². The number of nitrogens with two attached hydrogens (primary N) is 1. The lowest BCUT2D eigenvalue weighted by Gasteiger charge is -2.25. The van der Waals surface area contributed by atoms with Crippen molar-refractivity contribution in [2.75, 3.05) is 10.8 Å². The Kier molecular flexibility index (Phi) is 5.58. The van der Waals surface area contributed by atoms with E-state index in [-0.39, 0.29) is 5.69 Å². The van der Waals surface area contributed by atoms with Crippen molar-refractivity contribution in [1.29, 1.82) is 0 Å². The summed E-state index contributed by atoms with van der Waals surface area (Å²) in [6, 6.07) is 10.1. The summed E-state index contributed by atoms with van der Waals surface area (Å²) >= 11 is 0. The Hall–Kier alpha value is -2.98. The highest BCUT2D eigenvalue weighted by atomic mass is 32.2. The summed E-state index contributed by atoms with van der Waals surface area (Å²) < 4.78 is 27.2. The molecule has 0 aromatic heterocycles. The molecule has 0 atom stereocenters. The van der Waals surface area contributed by atoms with Gasteiger partial charge in [0, 0.05) is 6.07 Å². The first-order valence-electron chi connectivity index (χ1n) is 7.51. The first-order valence-corrected chi connectivity index (χ1v) is 8.95. The number of carbonyl (C=O) groups excluding carboxylic acids is 1. The zero-order valence-corrected chi connectivity index (χ0v) is 15.0. The second kappa shape index (κ2) is 7.50. The molecule has 0 saturated heterocycles. The van der Waals surface area contributed by atoms with Gasteiger partial charge in [0.15, 0.2) is 4.90 Å². The van der Waals surface area contributed by atoms with Crippen molar-refractivity contribution in [3.8, 4) is 0 Å². The van der Waals surface area contributed by atoms with Crippen LogP contribution in [0.3, 0.4) is 0 Å². The van der Waals surface area contributed by atoms with Gasteiger partial charge in [-0.2, -0.15) is 0 Å². The number of nitro benzene ring substituents is 1. The lowest BCUT2D eigenvalue weighted by molar-refractivity contribution is -0.387. The second-order valence-corrected chi connectivity index (χ2v) is 7.42. The van der Waals surface area contributed by atoms with Gasteiger partial charge in [-0.15, -0.1) is 0 Å². The van der Waals surface area contributed by atoms with E-state index in [1.54, 1.807) is 32.0 Å². The van der Waals surface area contributed by atoms with Crippen molar-refractivity contribution in [1.82, 2.24) is 5.43 Å². The van der Waals surface area contributed by atoms with E-state index in [4.69, 9.17) is 5.84 Å². The van der Waals surface area contributed by atoms with E-state index in [0.717, 1.165) is 22.0 Å². The summed E-state index contributed by atoms with van der Waals surface area (Å²) in [5.74, 6) is 4.34. The highest BCUT2D eigenvalue weighted by Crippen LogP contribution is 2.31. The molecule has 138 valence electrons. The average Bonchev–Trinajstić information content (AvgIpc) is 2.61. The minimum absolute atomic E-state index is 0.242. The maximum absolute atomic E-state index is 13.2. The molecule has 10 heteroatoms. The molecular formula is C16H18N4O5S. The van der Waals surface area contributed by atoms with Crippen LogP contribution < -0.4 is 15.6 Å². The number of nitrogens with one attached hydrogen (secondary N) is 1. The van der Waals surface area contributed by atoms with Crippen LogP contribution in [0.15, 0.2) is 47.4 Å². The molecule has 26 heavy (non-hydrogen) atoms. The summed E-state index contributed by atoms with van der Waals surface area (Å²) in [6.07, 6.45) is 0. The number of nitrogens with zero attached hydrogens (tertiary/aromatic N) is 2. The standard InChI is InChI=1S/C16H18N4O5S/c1-11-7-8-12(2)14(9-11)19(10-16(21)18-17)26(24,25)15-6-4-3-5-13(15)20(22)23/h3-9H,10,17H2,1-2H3,(H,18,21). The quantitative estimate of drug-likeness (QED) is 0.337. The van der Waals surface area contributed by atoms with Crippen LogP contribution in [0.25, 0.3) is 0 Å². The number of sulfonamides is 1. The van der Waals surface area contributed by atoms with Crippen molar-refractivity contribution in [2.24, 2.45) is 5.84 Å². The Labute approximate surface area is 150 Å². The summed E-state index contributed by atoms with van der Waals surface area (Å²) in [7, 11) is -4.40. The Morgan fingerprint density at radius 3 is 2.50 bits per heavy atom. The molecule has 0 aliphatic rings. The molecule has 2 aromatic carbocycles. The number of anilines is 1. The first-order chi connectivity index (χ1) is 12.2. The third-order valence-corrected chi connectivity index (χ3v) is 5.52. The molecule has 9 nitrogen and oxygen atoms in total. The van der Waals surface area contributed by atoms with Gasteiger partial charge in [-0.1, -0.05) is 24.3 Å². The van der Waals surface area contributed by atoms with E-state index in [2.05, 4.69) is 0 Å². The van der Waals surface area contributed by atoms with Gasteiger partial charge in [-0.3, -0.25) is 24.6 Å². The lowest BCUT2D eigenvalue weighted by atomic mass is 10.1. The number of hydrogen-bond acceptors (Lipinski definition) is 6. The SMILES string of the molecule is Cc1ccc(C)c(N(CC(=O)NN)S(=O)(=O)c2ccccc2[N+](=O)[O-])c1. The zero-order chi connectivity index (χ0) is 19.5. The monoisotopic (exact) mass is 378 g/mol. The largest absolute Gasteiger partial charge is 0.293 e. The van der Waals surface area contributed by atoms with Gasteiger partial charge < -0.3 is 0 Å². The summed E-state index contributed by atoms with van der Waals surface area (Å²) in [4.78, 5) is 21.8. The zero-order valence-electron chi connectivity index (χ0n) is 14.2. The normalized spacial score (nSPS) is 11.0. The minimum Gasteiger partial charge on any atom is -0.293 e. The summed E-state index contributed by atoms with van der Waals surface area (Å²) in [5.41, 5.74) is 2.90. The van der Waals surface area contributed by atoms with Crippen molar-refractivity contribution in [2.45, 2.75) is 18.7 Å². The third kappa shape index (κ3) is 3.81. The predicted octanol–water partition coefficient (Wildman–Crippen LogP) is 1.40. The van der Waals surface area contributed by atoms with Crippen LogP contribution >= 0.6 is 0 Å². The fourth-order valence-electron chi connectivity index (χ4n) is 2.41. The number of nitro groups is 1. The molecule has 0 bridgehead atoms. The molecule has 3 N–H and O–H groups in total. The van der Waals surface area contributed by atoms with Gasteiger partial charge >= 0.3 is 0 Å². The van der Waals surface area contributed by atoms with Gasteiger partial charge in [0.2, 0.25) is 0 Å². The molecule has 2 rings (SSSR count). The number of aryl methyl sites for hydroxylation is 2. The van der Waals surface area contributed by atoms with E-state index in [1.165, 1.54) is 12.1 Å². The number of carbonyl (C=O) groups is 1. The highest BCUT2D eigenvalue weighted by Gasteiger charge is 2.33. The fraction of sp³-hybridized carbons (Fsp3) is 0.188. The van der Waals surface area contributed by atoms with Crippen LogP contribution in [0.5, 0.6) is 0 Å². The summed E-state index contributed by atoms with van der Waals surface area (Å²) in [5, 5.41) is 11.3. The third-order valence-electron chi connectivity index (χ3n) is 3.71. The Bertz CT molecular complexity index is 959. The highest BCUT2D eigenvalue weighted by molar-refractivity contribution is 7.93. The number of hydrazine groups is 1. The predicted molar refractivity (Wildman–Crippen MR) is 95.9 cm³/mol. The number of benzene rings is 2. The van der Waals surface area contributed by atoms with Crippen LogP contribution in [-0.2, 0) is 14.8 Å². The number of para-hydroxylation sites is 1. The van der Waals surface area contributed by atoms with Crippen LogP contribution in [0, 0.1) is 24.0 Å². The van der Waals surface area contributed by atoms with Crippen molar-refractivity contribution < 1.29 is 18.1 Å². The minimum atomic E-state index is -4.40. The lowest BCUT2D eigenvalue weighted by Crippen LogP contribution is -2.43. The molecule has 0 unspecified atom stereocenters. The van der Waals surface area contributed by atoms with Gasteiger partial charge in [-0.05, 0) is 37.1 Å². The van der Waals surface area contributed by atoms with E-state index in [0.29, 0.717) is 5.56 Å². The summed E-state index contributed by atoms with van der Waals surface area (Å²) in [6.45, 7) is 2.83. The molecule has 0 spiro atoms. The maximum atomic E-state index is 13.2. The second-order valence-electron chi connectivity index (χ2n) is 5.59. The molecule has 0 aliphatic carbocycles. The van der Waals surface area contributed by atoms with Crippen LogP contribution in [0.4, 0.5) is 11.4 Å². The molecular weight excluding hydrogens is 360 g/mol. The molecule has 1 amide bonds. The number of hydrogen-bond donors (Lipinski definition) is 2. The van der Waals surface area contributed by atoms with Crippen LogP contribution in [0.1, 0.15) is 11.1 Å². The van der Waals surface area contributed by atoms with Gasteiger partial charge in [0.05, 0.1) is 10.6 Å². The van der Waals surface area contributed by atoms with E-state index < -0.39 is 38.0 Å². The van der Waals surface area contributed by atoms with Gasteiger partial charge in [0.25, 0.3) is 21.6 Å². The van der Waals surface area contributed by atoms with Crippen LogP contribution in [0.2, 0.25) is 0 Å². The smallest absolute Gasteiger partial charge is 0.289 e. The van der Waals surface area contributed by atoms with Crippen molar-refractivity contribution in [3.63, 3.8) is 0 Å².